The van der Waals surface area contributed by atoms with Gasteiger partial charge in [0, 0.05) is 16.6 Å². The van der Waals surface area contributed by atoms with E-state index < -0.39 is 0 Å². The Morgan fingerprint density at radius 3 is 2.87 bits per heavy atom. The number of hydrogen-bond donors (Lipinski definition) is 1. The largest absolute Gasteiger partial charge is 0.324 e. The first-order valence-corrected chi connectivity index (χ1v) is 5.26. The van der Waals surface area contributed by atoms with Crippen molar-refractivity contribution in [3.8, 4) is 0 Å². The SMILES string of the molecule is C=CCC[C@H](N)c1c(Cl)ccc(C)c1F. The number of nitrogens with two attached hydrogens (primary N) is 1. The van der Waals surface area contributed by atoms with Crippen LogP contribution in [0.3, 0.4) is 0 Å². The van der Waals surface area contributed by atoms with Gasteiger partial charge in [-0.15, -0.1) is 6.58 Å². The molecule has 1 aromatic carbocycles. The summed E-state index contributed by atoms with van der Waals surface area (Å²) in [6.07, 6.45) is 3.18. The summed E-state index contributed by atoms with van der Waals surface area (Å²) in [5, 5.41) is 0.398. The van der Waals surface area contributed by atoms with Crippen molar-refractivity contribution in [1.82, 2.24) is 0 Å². The second-order valence-electron chi connectivity index (χ2n) is 3.56. The lowest BCUT2D eigenvalue weighted by atomic mass is 10.00. The van der Waals surface area contributed by atoms with E-state index >= 15 is 0 Å². The average molecular weight is 228 g/mol. The third-order valence-electron chi connectivity index (χ3n) is 2.37. The minimum Gasteiger partial charge on any atom is -0.324 e. The minimum atomic E-state index is -0.365. The molecule has 0 amide bonds. The third kappa shape index (κ3) is 2.80. The van der Waals surface area contributed by atoms with Crippen LogP contribution in [0.15, 0.2) is 24.8 Å². The number of aryl methyl sites for hydroxylation is 1. The summed E-state index contributed by atoms with van der Waals surface area (Å²) in [6.45, 7) is 5.31. The molecule has 3 heteroatoms. The molecule has 15 heavy (non-hydrogen) atoms. The zero-order valence-electron chi connectivity index (χ0n) is 8.76. The maximum Gasteiger partial charge on any atom is 0.132 e. The molecule has 0 fully saturated rings. The zero-order valence-corrected chi connectivity index (χ0v) is 9.52. The van der Waals surface area contributed by atoms with Gasteiger partial charge in [-0.3, -0.25) is 0 Å². The van der Waals surface area contributed by atoms with Crippen LogP contribution >= 0.6 is 11.6 Å². The minimum absolute atomic E-state index is 0.293. The summed E-state index contributed by atoms with van der Waals surface area (Å²) in [5.74, 6) is -0.293. The fourth-order valence-corrected chi connectivity index (χ4v) is 1.75. The lowest BCUT2D eigenvalue weighted by Crippen LogP contribution is -2.13. The summed E-state index contributed by atoms with van der Waals surface area (Å²) in [7, 11) is 0. The molecule has 82 valence electrons. The molecule has 0 heterocycles. The molecule has 0 aromatic heterocycles. The number of benzene rings is 1. The van der Waals surface area contributed by atoms with Crippen molar-refractivity contribution in [3.05, 3.63) is 46.8 Å². The number of halogens is 2. The standard InChI is InChI=1S/C12H15ClFN/c1-3-4-5-10(15)11-9(13)7-6-8(2)12(11)14/h3,6-7,10H,1,4-5,15H2,2H3/t10-/m0/s1. The Labute approximate surface area is 94.7 Å². The lowest BCUT2D eigenvalue weighted by Gasteiger charge is -2.15. The molecule has 1 aromatic rings. The van der Waals surface area contributed by atoms with Crippen molar-refractivity contribution in [3.63, 3.8) is 0 Å². The van der Waals surface area contributed by atoms with Gasteiger partial charge in [0.25, 0.3) is 0 Å². The second kappa shape index (κ2) is 5.29. The zero-order chi connectivity index (χ0) is 11.4. The van der Waals surface area contributed by atoms with Gasteiger partial charge >= 0.3 is 0 Å². The molecule has 0 aliphatic heterocycles. The highest BCUT2D eigenvalue weighted by Crippen LogP contribution is 2.28. The molecular formula is C12H15ClFN. The fraction of sp³-hybridized carbons (Fsp3) is 0.333. The van der Waals surface area contributed by atoms with Gasteiger partial charge in [0.1, 0.15) is 5.82 Å². The average Bonchev–Trinajstić information content (AvgIpc) is 2.21. The Hall–Kier alpha value is -0.860. The van der Waals surface area contributed by atoms with E-state index in [2.05, 4.69) is 6.58 Å². The topological polar surface area (TPSA) is 26.0 Å². The van der Waals surface area contributed by atoms with E-state index in [-0.39, 0.29) is 11.9 Å². The molecular weight excluding hydrogens is 213 g/mol. The van der Waals surface area contributed by atoms with Crippen LogP contribution in [0.4, 0.5) is 4.39 Å². The second-order valence-corrected chi connectivity index (χ2v) is 3.97. The van der Waals surface area contributed by atoms with Crippen LogP contribution in [-0.2, 0) is 0 Å². The molecule has 0 radical (unpaired) electrons. The molecule has 0 spiro atoms. The predicted molar refractivity (Wildman–Crippen MR) is 62.5 cm³/mol. The van der Waals surface area contributed by atoms with E-state index in [9.17, 15) is 4.39 Å². The van der Waals surface area contributed by atoms with E-state index in [0.29, 0.717) is 22.6 Å². The van der Waals surface area contributed by atoms with Gasteiger partial charge in [0.05, 0.1) is 0 Å². The Balaban J connectivity index is 3.01. The Morgan fingerprint density at radius 2 is 2.27 bits per heavy atom. The predicted octanol–water partition coefficient (Wildman–Crippen LogP) is 3.75. The summed E-state index contributed by atoms with van der Waals surface area (Å²) >= 11 is 5.93. The van der Waals surface area contributed by atoms with Gasteiger partial charge in [0.15, 0.2) is 0 Å². The van der Waals surface area contributed by atoms with Crippen LogP contribution in [0.2, 0.25) is 5.02 Å². The van der Waals surface area contributed by atoms with Gasteiger partial charge in [0.2, 0.25) is 0 Å². The van der Waals surface area contributed by atoms with Crippen LogP contribution in [-0.4, -0.2) is 0 Å². The van der Waals surface area contributed by atoms with E-state index in [1.165, 1.54) is 0 Å². The van der Waals surface area contributed by atoms with Crippen LogP contribution < -0.4 is 5.73 Å². The first-order chi connectivity index (χ1) is 7.07. The highest BCUT2D eigenvalue weighted by atomic mass is 35.5. The molecule has 0 saturated heterocycles. The van der Waals surface area contributed by atoms with E-state index in [0.717, 1.165) is 6.42 Å². The molecule has 0 unspecified atom stereocenters. The van der Waals surface area contributed by atoms with Crippen molar-refractivity contribution < 1.29 is 4.39 Å². The molecule has 0 saturated carbocycles. The molecule has 1 rings (SSSR count). The van der Waals surface area contributed by atoms with Gasteiger partial charge in [-0.05, 0) is 31.4 Å². The molecule has 2 N–H and O–H groups in total. The van der Waals surface area contributed by atoms with E-state index in [4.69, 9.17) is 17.3 Å². The summed E-state index contributed by atoms with van der Waals surface area (Å²) < 4.78 is 13.7. The van der Waals surface area contributed by atoms with Crippen LogP contribution in [0.1, 0.15) is 30.0 Å². The van der Waals surface area contributed by atoms with Gasteiger partial charge in [-0.2, -0.15) is 0 Å². The number of rotatable bonds is 4. The molecule has 1 nitrogen and oxygen atoms in total. The van der Waals surface area contributed by atoms with Crippen molar-refractivity contribution in [2.75, 3.05) is 0 Å². The molecule has 0 aliphatic rings. The molecule has 0 bridgehead atoms. The highest BCUT2D eigenvalue weighted by molar-refractivity contribution is 6.31. The van der Waals surface area contributed by atoms with Crippen LogP contribution in [0, 0.1) is 12.7 Å². The number of hydrogen-bond acceptors (Lipinski definition) is 1. The Bertz CT molecular complexity index is 363. The third-order valence-corrected chi connectivity index (χ3v) is 2.70. The quantitative estimate of drug-likeness (QED) is 0.779. The monoisotopic (exact) mass is 227 g/mol. The summed E-state index contributed by atoms with van der Waals surface area (Å²) in [4.78, 5) is 0. The smallest absolute Gasteiger partial charge is 0.132 e. The van der Waals surface area contributed by atoms with E-state index in [1.807, 2.05) is 0 Å². The normalized spacial score (nSPS) is 12.5. The van der Waals surface area contributed by atoms with Crippen molar-refractivity contribution in [2.45, 2.75) is 25.8 Å². The highest BCUT2D eigenvalue weighted by Gasteiger charge is 2.16. The van der Waals surface area contributed by atoms with Crippen molar-refractivity contribution in [1.29, 1.82) is 0 Å². The summed E-state index contributed by atoms with van der Waals surface area (Å²) in [6, 6.07) is 2.97. The number of allylic oxidation sites excluding steroid dienone is 1. The molecule has 1 atom stereocenters. The Morgan fingerprint density at radius 1 is 1.60 bits per heavy atom. The van der Waals surface area contributed by atoms with Crippen molar-refractivity contribution >= 4 is 11.6 Å². The van der Waals surface area contributed by atoms with E-state index in [1.54, 1.807) is 25.1 Å². The van der Waals surface area contributed by atoms with Gasteiger partial charge in [-0.1, -0.05) is 23.7 Å². The lowest BCUT2D eigenvalue weighted by molar-refractivity contribution is 0.560. The maximum absolute atomic E-state index is 13.7. The Kier molecular flexibility index (Phi) is 4.30. The first-order valence-electron chi connectivity index (χ1n) is 4.89. The fourth-order valence-electron chi connectivity index (χ4n) is 1.46. The van der Waals surface area contributed by atoms with Crippen LogP contribution in [0.25, 0.3) is 0 Å². The maximum atomic E-state index is 13.7. The molecule has 0 aliphatic carbocycles. The van der Waals surface area contributed by atoms with Crippen molar-refractivity contribution in [2.24, 2.45) is 5.73 Å². The van der Waals surface area contributed by atoms with Crippen LogP contribution in [0.5, 0.6) is 0 Å². The van der Waals surface area contributed by atoms with Gasteiger partial charge < -0.3 is 5.73 Å². The van der Waals surface area contributed by atoms with Gasteiger partial charge in [-0.25, -0.2) is 4.39 Å². The first kappa shape index (κ1) is 12.2. The summed E-state index contributed by atoms with van der Waals surface area (Å²) in [5.41, 5.74) is 6.87.